The molecule has 0 aliphatic carbocycles. The Labute approximate surface area is 182 Å². The van der Waals surface area contributed by atoms with Crippen molar-refractivity contribution in [1.29, 1.82) is 5.26 Å². The highest BCUT2D eigenvalue weighted by atomic mass is 16.5. The van der Waals surface area contributed by atoms with Gasteiger partial charge in [-0.15, -0.1) is 0 Å². The first-order valence-electron chi connectivity index (χ1n) is 10.1. The van der Waals surface area contributed by atoms with E-state index >= 15 is 0 Å². The Morgan fingerprint density at radius 2 is 1.71 bits per heavy atom. The Hall–Kier alpha value is -3.85. The third-order valence-electron chi connectivity index (χ3n) is 4.71. The number of carbonyl (C=O) groups excluding carboxylic acids is 1. The number of nitrogens with one attached hydrogen (secondary N) is 1. The van der Waals surface area contributed by atoms with Crippen LogP contribution >= 0.6 is 0 Å². The summed E-state index contributed by atoms with van der Waals surface area (Å²) in [4.78, 5) is 17.3. The third kappa shape index (κ3) is 5.83. The number of aryl methyl sites for hydroxylation is 1. The number of hydrogen-bond acceptors (Lipinski definition) is 6. The van der Waals surface area contributed by atoms with Gasteiger partial charge in [-0.25, -0.2) is 9.78 Å². The van der Waals surface area contributed by atoms with Gasteiger partial charge in [-0.2, -0.15) is 5.26 Å². The first-order valence-corrected chi connectivity index (χ1v) is 10.1. The van der Waals surface area contributed by atoms with Crippen LogP contribution in [-0.2, 0) is 9.53 Å². The number of ether oxygens (including phenoxy) is 2. The topological polar surface area (TPSA) is 84.2 Å². The number of rotatable bonds is 8. The number of nitriles is 1. The molecule has 6 heteroatoms. The second kappa shape index (κ2) is 10.3. The molecule has 0 aliphatic rings. The maximum Gasteiger partial charge on any atom is 0.330 e. The molecule has 2 atom stereocenters. The molecule has 1 N–H and O–H groups in total. The van der Waals surface area contributed by atoms with Gasteiger partial charge in [0.25, 0.3) is 0 Å². The molecule has 0 saturated carbocycles. The Morgan fingerprint density at radius 3 is 2.39 bits per heavy atom. The summed E-state index contributed by atoms with van der Waals surface area (Å²) in [5, 5.41) is 12.9. The van der Waals surface area contributed by atoms with E-state index < -0.39 is 18.1 Å². The van der Waals surface area contributed by atoms with Crippen LogP contribution < -0.4 is 10.1 Å². The monoisotopic (exact) mass is 415 g/mol. The highest BCUT2D eigenvalue weighted by molar-refractivity contribution is 5.80. The predicted molar refractivity (Wildman–Crippen MR) is 119 cm³/mol. The summed E-state index contributed by atoms with van der Waals surface area (Å²) in [6.07, 6.45) is -1.15. The summed E-state index contributed by atoms with van der Waals surface area (Å²) in [6.45, 7) is 5.81. The van der Waals surface area contributed by atoms with Crippen molar-refractivity contribution in [2.75, 3.05) is 5.32 Å². The lowest BCUT2D eigenvalue weighted by atomic mass is 10.0. The van der Waals surface area contributed by atoms with Crippen LogP contribution in [0.3, 0.4) is 0 Å². The Morgan fingerprint density at radius 1 is 1.00 bits per heavy atom. The van der Waals surface area contributed by atoms with E-state index in [1.54, 1.807) is 30.3 Å². The minimum atomic E-state index is -1.15. The number of anilines is 1. The van der Waals surface area contributed by atoms with Crippen LogP contribution in [-0.4, -0.2) is 17.0 Å². The van der Waals surface area contributed by atoms with Gasteiger partial charge >= 0.3 is 5.97 Å². The van der Waals surface area contributed by atoms with E-state index in [-0.39, 0.29) is 5.92 Å². The molecule has 0 bridgehead atoms. The summed E-state index contributed by atoms with van der Waals surface area (Å²) in [7, 11) is 0. The second-order valence-electron chi connectivity index (χ2n) is 7.44. The van der Waals surface area contributed by atoms with Crippen LogP contribution in [0.5, 0.6) is 11.6 Å². The standard InChI is InChI=1S/C25H25N3O3/c1-17(2)24(28-20-13-8-7-10-18(20)3)25(29)31-22(16-26)21-14-9-15-23(27-21)30-19-11-5-4-6-12-19/h4-15,17,22,24,28H,1-3H3. The Balaban J connectivity index is 1.74. The molecule has 158 valence electrons. The Kier molecular flexibility index (Phi) is 7.23. The maximum absolute atomic E-state index is 12.9. The van der Waals surface area contributed by atoms with E-state index in [9.17, 15) is 10.1 Å². The van der Waals surface area contributed by atoms with Gasteiger partial charge in [0, 0.05) is 11.8 Å². The van der Waals surface area contributed by atoms with E-state index in [2.05, 4.69) is 10.3 Å². The minimum absolute atomic E-state index is 0.0489. The van der Waals surface area contributed by atoms with Crippen LogP contribution in [0.25, 0.3) is 0 Å². The van der Waals surface area contributed by atoms with Gasteiger partial charge < -0.3 is 14.8 Å². The molecule has 0 aliphatic heterocycles. The summed E-state index contributed by atoms with van der Waals surface area (Å²) in [5.74, 6) is 0.381. The molecule has 0 amide bonds. The molecule has 0 saturated heterocycles. The molecular weight excluding hydrogens is 390 g/mol. The van der Waals surface area contributed by atoms with Crippen LogP contribution in [0.1, 0.15) is 31.2 Å². The van der Waals surface area contributed by atoms with Gasteiger partial charge in [-0.05, 0) is 42.7 Å². The van der Waals surface area contributed by atoms with E-state index in [1.165, 1.54) is 0 Å². The number of aromatic nitrogens is 1. The summed E-state index contributed by atoms with van der Waals surface area (Å²) in [5.41, 5.74) is 2.18. The van der Waals surface area contributed by atoms with Crippen molar-refractivity contribution in [1.82, 2.24) is 4.98 Å². The number of esters is 1. The molecule has 3 aromatic rings. The largest absolute Gasteiger partial charge is 0.439 e. The predicted octanol–water partition coefficient (Wildman–Crippen LogP) is 5.43. The Bertz CT molecular complexity index is 1060. The summed E-state index contributed by atoms with van der Waals surface area (Å²) in [6, 6.07) is 23.4. The molecule has 2 aromatic carbocycles. The van der Waals surface area contributed by atoms with E-state index in [1.807, 2.05) is 69.3 Å². The van der Waals surface area contributed by atoms with E-state index in [4.69, 9.17) is 9.47 Å². The number of pyridine rings is 1. The zero-order chi connectivity index (χ0) is 22.2. The smallest absolute Gasteiger partial charge is 0.330 e. The number of benzene rings is 2. The van der Waals surface area contributed by atoms with E-state index in [0.29, 0.717) is 17.3 Å². The van der Waals surface area contributed by atoms with Gasteiger partial charge in [-0.3, -0.25) is 0 Å². The molecule has 1 aromatic heterocycles. The van der Waals surface area contributed by atoms with Crippen molar-refractivity contribution in [3.05, 3.63) is 84.1 Å². The molecule has 1 heterocycles. The van der Waals surface area contributed by atoms with Crippen molar-refractivity contribution in [3.8, 4) is 17.7 Å². The average molecular weight is 415 g/mol. The molecule has 0 fully saturated rings. The fourth-order valence-corrected chi connectivity index (χ4v) is 2.99. The fourth-order valence-electron chi connectivity index (χ4n) is 2.99. The molecule has 0 spiro atoms. The lowest BCUT2D eigenvalue weighted by molar-refractivity contribution is -0.149. The molecule has 6 nitrogen and oxygen atoms in total. The van der Waals surface area contributed by atoms with Gasteiger partial charge in [0.2, 0.25) is 12.0 Å². The number of nitrogens with zero attached hydrogens (tertiary/aromatic N) is 2. The fraction of sp³-hybridized carbons (Fsp3) is 0.240. The minimum Gasteiger partial charge on any atom is -0.439 e. The van der Waals surface area contributed by atoms with Crippen LogP contribution in [0.2, 0.25) is 0 Å². The van der Waals surface area contributed by atoms with Gasteiger partial charge in [0.15, 0.2) is 0 Å². The van der Waals surface area contributed by atoms with Gasteiger partial charge in [0.1, 0.15) is 17.9 Å². The van der Waals surface area contributed by atoms with Crippen molar-refractivity contribution in [3.63, 3.8) is 0 Å². The molecular formula is C25H25N3O3. The van der Waals surface area contributed by atoms with Gasteiger partial charge in [0.05, 0.1) is 5.69 Å². The third-order valence-corrected chi connectivity index (χ3v) is 4.71. The average Bonchev–Trinajstić information content (AvgIpc) is 2.77. The SMILES string of the molecule is Cc1ccccc1NC(C(=O)OC(C#N)c1cccc(Oc2ccccc2)n1)C(C)C. The van der Waals surface area contributed by atoms with Crippen molar-refractivity contribution in [2.45, 2.75) is 32.9 Å². The molecule has 3 rings (SSSR count). The summed E-state index contributed by atoms with van der Waals surface area (Å²) >= 11 is 0. The zero-order valence-electron chi connectivity index (χ0n) is 17.8. The number of hydrogen-bond donors (Lipinski definition) is 1. The van der Waals surface area contributed by atoms with Crippen LogP contribution in [0, 0.1) is 24.2 Å². The van der Waals surface area contributed by atoms with Crippen LogP contribution in [0.15, 0.2) is 72.8 Å². The second-order valence-corrected chi connectivity index (χ2v) is 7.44. The van der Waals surface area contributed by atoms with Crippen LogP contribution in [0.4, 0.5) is 5.69 Å². The summed E-state index contributed by atoms with van der Waals surface area (Å²) < 4.78 is 11.3. The first kappa shape index (κ1) is 21.8. The highest BCUT2D eigenvalue weighted by Crippen LogP contribution is 2.24. The molecule has 0 radical (unpaired) electrons. The number of para-hydroxylation sites is 2. The number of carbonyl (C=O) groups is 1. The van der Waals surface area contributed by atoms with Crippen molar-refractivity contribution < 1.29 is 14.3 Å². The highest BCUT2D eigenvalue weighted by Gasteiger charge is 2.28. The zero-order valence-corrected chi connectivity index (χ0v) is 17.8. The maximum atomic E-state index is 12.9. The lowest BCUT2D eigenvalue weighted by Crippen LogP contribution is -2.37. The molecule has 2 unspecified atom stereocenters. The van der Waals surface area contributed by atoms with E-state index in [0.717, 1.165) is 11.3 Å². The normalized spacial score (nSPS) is 12.5. The lowest BCUT2D eigenvalue weighted by Gasteiger charge is -2.24. The van der Waals surface area contributed by atoms with Crippen molar-refractivity contribution >= 4 is 11.7 Å². The van der Waals surface area contributed by atoms with Crippen molar-refractivity contribution in [2.24, 2.45) is 5.92 Å². The van der Waals surface area contributed by atoms with Gasteiger partial charge in [-0.1, -0.05) is 56.3 Å². The first-order chi connectivity index (χ1) is 15.0. The quantitative estimate of drug-likeness (QED) is 0.494. The molecule has 31 heavy (non-hydrogen) atoms.